The molecule has 0 unspecified atom stereocenters. The van der Waals surface area contributed by atoms with E-state index in [1.165, 1.54) is 0 Å². The Morgan fingerprint density at radius 3 is 2.75 bits per heavy atom. The summed E-state index contributed by atoms with van der Waals surface area (Å²) in [5, 5.41) is 6.82. The van der Waals surface area contributed by atoms with Gasteiger partial charge in [0, 0.05) is 19.7 Å². The molecule has 1 aliphatic carbocycles. The van der Waals surface area contributed by atoms with Gasteiger partial charge >= 0.3 is 0 Å². The van der Waals surface area contributed by atoms with Crippen LogP contribution in [0.4, 0.5) is 0 Å². The Kier molecular flexibility index (Phi) is 3.75. The Labute approximate surface area is 78.9 Å². The van der Waals surface area contributed by atoms with E-state index in [1.807, 2.05) is 14.0 Å². The van der Waals surface area contributed by atoms with Gasteiger partial charge in [0.25, 0.3) is 0 Å². The molecule has 0 aliphatic heterocycles. The van der Waals surface area contributed by atoms with Crippen LogP contribution in [-0.4, -0.2) is 30.9 Å². The summed E-state index contributed by atoms with van der Waals surface area (Å²) in [6.45, 7) is 2.84. The van der Waals surface area contributed by atoms with Crippen LogP contribution in [0.1, 0.15) is 19.8 Å². The molecule has 2 N–H and O–H groups in total. The molecule has 0 spiro atoms. The van der Waals surface area contributed by atoms with Gasteiger partial charge in [0.15, 0.2) is 5.11 Å². The molecule has 1 aliphatic rings. The van der Waals surface area contributed by atoms with Crippen LogP contribution in [0.2, 0.25) is 0 Å². The minimum Gasteiger partial charge on any atom is -0.378 e. The average Bonchev–Trinajstić information content (AvgIpc) is 2.00. The van der Waals surface area contributed by atoms with Crippen LogP contribution in [0.25, 0.3) is 0 Å². The van der Waals surface area contributed by atoms with Crippen molar-refractivity contribution in [3.05, 3.63) is 0 Å². The first-order valence-electron chi connectivity index (χ1n) is 4.36. The van der Waals surface area contributed by atoms with Crippen LogP contribution in [-0.2, 0) is 4.74 Å². The molecule has 1 saturated carbocycles. The minimum atomic E-state index is 0.451. The van der Waals surface area contributed by atoms with E-state index in [9.17, 15) is 0 Å². The van der Waals surface area contributed by atoms with Crippen molar-refractivity contribution < 1.29 is 4.74 Å². The van der Waals surface area contributed by atoms with Crippen LogP contribution in [0, 0.1) is 0 Å². The third-order valence-electron chi connectivity index (χ3n) is 2.06. The van der Waals surface area contributed by atoms with Crippen LogP contribution in [0.15, 0.2) is 0 Å². The Bertz CT molecular complexity index is 157. The van der Waals surface area contributed by atoms with Crippen molar-refractivity contribution in [3.63, 3.8) is 0 Å². The van der Waals surface area contributed by atoms with E-state index in [2.05, 4.69) is 10.6 Å². The second kappa shape index (κ2) is 4.62. The molecule has 0 radical (unpaired) electrons. The molecule has 12 heavy (non-hydrogen) atoms. The highest BCUT2D eigenvalue weighted by Gasteiger charge is 2.29. The number of thiocarbonyl (C=S) groups is 1. The van der Waals surface area contributed by atoms with E-state index in [0.717, 1.165) is 24.6 Å². The third-order valence-corrected chi connectivity index (χ3v) is 2.38. The zero-order valence-electron chi connectivity index (χ0n) is 7.59. The second-order valence-electron chi connectivity index (χ2n) is 2.97. The van der Waals surface area contributed by atoms with Crippen molar-refractivity contribution in [2.45, 2.75) is 31.9 Å². The highest BCUT2D eigenvalue weighted by Crippen LogP contribution is 2.22. The fraction of sp³-hybridized carbons (Fsp3) is 0.875. The van der Waals surface area contributed by atoms with Crippen molar-refractivity contribution in [1.82, 2.24) is 10.6 Å². The van der Waals surface area contributed by atoms with Gasteiger partial charge in [-0.2, -0.15) is 0 Å². The summed E-state index contributed by atoms with van der Waals surface area (Å²) >= 11 is 4.97. The third kappa shape index (κ3) is 2.60. The Morgan fingerprint density at radius 1 is 1.58 bits per heavy atom. The lowest BCUT2D eigenvalue weighted by Gasteiger charge is -2.35. The molecule has 0 bridgehead atoms. The molecule has 70 valence electrons. The summed E-state index contributed by atoms with van der Waals surface area (Å²) in [5.41, 5.74) is 0. The van der Waals surface area contributed by atoms with Gasteiger partial charge < -0.3 is 15.4 Å². The van der Waals surface area contributed by atoms with Gasteiger partial charge in [-0.15, -0.1) is 0 Å². The first-order chi connectivity index (χ1) is 5.76. The van der Waals surface area contributed by atoms with Crippen molar-refractivity contribution in [3.8, 4) is 0 Å². The Morgan fingerprint density at radius 2 is 2.25 bits per heavy atom. The molecule has 1 fully saturated rings. The smallest absolute Gasteiger partial charge is 0.166 e. The monoisotopic (exact) mass is 188 g/mol. The molecule has 3 nitrogen and oxygen atoms in total. The lowest BCUT2D eigenvalue weighted by molar-refractivity contribution is -0.00560. The number of rotatable bonds is 3. The van der Waals surface area contributed by atoms with Crippen molar-refractivity contribution in [1.29, 1.82) is 0 Å². The van der Waals surface area contributed by atoms with Gasteiger partial charge in [0.2, 0.25) is 0 Å². The molecule has 0 aromatic rings. The summed E-state index contributed by atoms with van der Waals surface area (Å²) in [5.74, 6) is 0. The van der Waals surface area contributed by atoms with Crippen LogP contribution < -0.4 is 10.6 Å². The molecule has 0 amide bonds. The van der Waals surface area contributed by atoms with Gasteiger partial charge in [-0.1, -0.05) is 0 Å². The van der Waals surface area contributed by atoms with E-state index >= 15 is 0 Å². The molecule has 1 rings (SSSR count). The molecular weight excluding hydrogens is 172 g/mol. The summed E-state index contributed by atoms with van der Waals surface area (Å²) in [7, 11) is 1.83. The molecule has 0 aromatic carbocycles. The first kappa shape index (κ1) is 9.74. The zero-order valence-corrected chi connectivity index (χ0v) is 8.41. The highest BCUT2D eigenvalue weighted by atomic mass is 32.1. The van der Waals surface area contributed by atoms with Gasteiger partial charge in [0.1, 0.15) is 0 Å². The van der Waals surface area contributed by atoms with E-state index in [1.54, 1.807) is 0 Å². The molecule has 0 saturated heterocycles. The molecule has 4 heteroatoms. The average molecular weight is 188 g/mol. The predicted octanol–water partition coefficient (Wildman–Crippen LogP) is 0.648. The van der Waals surface area contributed by atoms with E-state index in [4.69, 9.17) is 17.0 Å². The summed E-state index contributed by atoms with van der Waals surface area (Å²) in [4.78, 5) is 0. The van der Waals surface area contributed by atoms with E-state index in [0.29, 0.717) is 12.1 Å². The van der Waals surface area contributed by atoms with Crippen molar-refractivity contribution >= 4 is 17.3 Å². The first-order valence-corrected chi connectivity index (χ1v) is 4.77. The largest absolute Gasteiger partial charge is 0.378 e. The number of hydrogen-bond acceptors (Lipinski definition) is 2. The number of hydrogen-bond donors (Lipinski definition) is 2. The lowest BCUT2D eigenvalue weighted by atomic mass is 9.89. The van der Waals surface area contributed by atoms with Crippen molar-refractivity contribution in [2.75, 3.05) is 13.7 Å². The maximum atomic E-state index is 5.42. The Hall–Kier alpha value is -0.350. The quantitative estimate of drug-likeness (QED) is 0.637. The highest BCUT2D eigenvalue weighted by molar-refractivity contribution is 7.80. The SMILES string of the molecule is CCOC1CC(NC(=S)NC)C1. The fourth-order valence-electron chi connectivity index (χ4n) is 1.31. The summed E-state index contributed by atoms with van der Waals surface area (Å²) in [6, 6.07) is 0.515. The standard InChI is InChI=1S/C8H16N2OS/c1-3-11-7-4-6(5-7)10-8(12)9-2/h6-7H,3-5H2,1-2H3,(H2,9,10,12). The van der Waals surface area contributed by atoms with E-state index in [-0.39, 0.29) is 0 Å². The van der Waals surface area contributed by atoms with Crippen LogP contribution in [0.3, 0.4) is 0 Å². The predicted molar refractivity (Wildman–Crippen MR) is 53.2 cm³/mol. The maximum Gasteiger partial charge on any atom is 0.166 e. The van der Waals surface area contributed by atoms with E-state index < -0.39 is 0 Å². The van der Waals surface area contributed by atoms with Gasteiger partial charge in [-0.3, -0.25) is 0 Å². The number of ether oxygens (including phenoxy) is 1. The summed E-state index contributed by atoms with van der Waals surface area (Å²) < 4.78 is 5.42. The molecular formula is C8H16N2OS. The normalized spacial score (nSPS) is 27.5. The second-order valence-corrected chi connectivity index (χ2v) is 3.38. The Balaban J connectivity index is 2.05. The topological polar surface area (TPSA) is 33.3 Å². The maximum absolute atomic E-state index is 5.42. The molecule has 0 atom stereocenters. The number of nitrogens with one attached hydrogen (secondary N) is 2. The lowest BCUT2D eigenvalue weighted by Crippen LogP contribution is -2.50. The van der Waals surface area contributed by atoms with Crippen LogP contribution >= 0.6 is 12.2 Å². The molecule has 0 aromatic heterocycles. The minimum absolute atomic E-state index is 0.451. The molecule has 0 heterocycles. The van der Waals surface area contributed by atoms with Crippen molar-refractivity contribution in [2.24, 2.45) is 0 Å². The summed E-state index contributed by atoms with van der Waals surface area (Å²) in [6.07, 6.45) is 2.61. The van der Waals surface area contributed by atoms with Gasteiger partial charge in [0.05, 0.1) is 6.10 Å². The zero-order chi connectivity index (χ0) is 8.97. The van der Waals surface area contributed by atoms with Crippen LogP contribution in [0.5, 0.6) is 0 Å². The van der Waals surface area contributed by atoms with Gasteiger partial charge in [-0.25, -0.2) is 0 Å². The fourth-order valence-corrected chi connectivity index (χ4v) is 1.48. The van der Waals surface area contributed by atoms with Gasteiger partial charge in [-0.05, 0) is 32.0 Å².